The lowest BCUT2D eigenvalue weighted by Gasteiger charge is -2.12. The summed E-state index contributed by atoms with van der Waals surface area (Å²) in [4.78, 5) is 26.7. The monoisotopic (exact) mass is 246 g/mol. The SMILES string of the molecule is Cc1nc(C(=O)NC2CC=CC2)ccc1C(=O)O. The number of aromatic carboxylic acids is 1. The summed E-state index contributed by atoms with van der Waals surface area (Å²) >= 11 is 0. The molecule has 2 rings (SSSR count). The number of pyridine rings is 1. The van der Waals surface area contributed by atoms with Crippen molar-refractivity contribution in [1.82, 2.24) is 10.3 Å². The standard InChI is InChI=1S/C13H14N2O3/c1-8-10(13(17)18)6-7-11(14-8)12(16)15-9-4-2-3-5-9/h2-3,6-7,9H,4-5H2,1H3,(H,15,16)(H,17,18). The van der Waals surface area contributed by atoms with Gasteiger partial charge < -0.3 is 10.4 Å². The third-order valence-electron chi connectivity index (χ3n) is 2.89. The molecule has 0 saturated carbocycles. The second-order valence-corrected chi connectivity index (χ2v) is 4.25. The number of hydrogen-bond acceptors (Lipinski definition) is 3. The lowest BCUT2D eigenvalue weighted by molar-refractivity contribution is 0.0694. The van der Waals surface area contributed by atoms with Crippen LogP contribution in [0.4, 0.5) is 0 Å². The van der Waals surface area contributed by atoms with Crippen molar-refractivity contribution in [2.45, 2.75) is 25.8 Å². The predicted octanol–water partition coefficient (Wildman–Crippen LogP) is 1.54. The van der Waals surface area contributed by atoms with Crippen LogP contribution in [-0.4, -0.2) is 28.0 Å². The van der Waals surface area contributed by atoms with Crippen LogP contribution in [0.3, 0.4) is 0 Å². The van der Waals surface area contributed by atoms with Crippen LogP contribution >= 0.6 is 0 Å². The van der Waals surface area contributed by atoms with Gasteiger partial charge in [0.15, 0.2) is 0 Å². The summed E-state index contributed by atoms with van der Waals surface area (Å²) in [6.45, 7) is 1.58. The van der Waals surface area contributed by atoms with E-state index in [4.69, 9.17) is 5.11 Å². The summed E-state index contributed by atoms with van der Waals surface area (Å²) in [6, 6.07) is 2.97. The van der Waals surface area contributed by atoms with Crippen LogP contribution in [0.25, 0.3) is 0 Å². The van der Waals surface area contributed by atoms with E-state index >= 15 is 0 Å². The smallest absolute Gasteiger partial charge is 0.337 e. The molecule has 1 heterocycles. The first-order chi connectivity index (χ1) is 8.58. The Morgan fingerprint density at radius 3 is 2.56 bits per heavy atom. The Kier molecular flexibility index (Phi) is 3.41. The minimum absolute atomic E-state index is 0.120. The fourth-order valence-electron chi connectivity index (χ4n) is 1.91. The molecule has 0 spiro atoms. The number of carbonyl (C=O) groups excluding carboxylic acids is 1. The molecule has 1 amide bonds. The molecule has 0 aromatic carbocycles. The van der Waals surface area contributed by atoms with Gasteiger partial charge in [-0.3, -0.25) is 4.79 Å². The maximum atomic E-state index is 11.9. The van der Waals surface area contributed by atoms with Crippen LogP contribution in [0.15, 0.2) is 24.3 Å². The van der Waals surface area contributed by atoms with Crippen molar-refractivity contribution in [3.05, 3.63) is 41.2 Å². The molecule has 1 aliphatic carbocycles. The van der Waals surface area contributed by atoms with Gasteiger partial charge in [0.05, 0.1) is 11.3 Å². The number of aryl methyl sites for hydroxylation is 1. The van der Waals surface area contributed by atoms with Gasteiger partial charge in [0.25, 0.3) is 5.91 Å². The van der Waals surface area contributed by atoms with E-state index in [-0.39, 0.29) is 23.2 Å². The summed E-state index contributed by atoms with van der Waals surface area (Å²) in [6.07, 6.45) is 5.71. The van der Waals surface area contributed by atoms with Gasteiger partial charge in [-0.1, -0.05) is 12.2 Å². The van der Waals surface area contributed by atoms with Crippen molar-refractivity contribution in [2.75, 3.05) is 0 Å². The topological polar surface area (TPSA) is 79.3 Å². The third kappa shape index (κ3) is 2.56. The van der Waals surface area contributed by atoms with Gasteiger partial charge >= 0.3 is 5.97 Å². The van der Waals surface area contributed by atoms with E-state index in [0.29, 0.717) is 5.69 Å². The lowest BCUT2D eigenvalue weighted by Crippen LogP contribution is -2.33. The minimum Gasteiger partial charge on any atom is -0.478 e. The third-order valence-corrected chi connectivity index (χ3v) is 2.89. The zero-order valence-corrected chi connectivity index (χ0v) is 10.0. The van der Waals surface area contributed by atoms with Gasteiger partial charge in [-0.25, -0.2) is 9.78 Å². The van der Waals surface area contributed by atoms with E-state index in [1.54, 1.807) is 6.92 Å². The van der Waals surface area contributed by atoms with Gasteiger partial charge in [-0.05, 0) is 31.9 Å². The summed E-state index contributed by atoms with van der Waals surface area (Å²) < 4.78 is 0. The number of nitrogens with one attached hydrogen (secondary N) is 1. The lowest BCUT2D eigenvalue weighted by atomic mass is 10.1. The fourth-order valence-corrected chi connectivity index (χ4v) is 1.91. The molecule has 0 aliphatic heterocycles. The van der Waals surface area contributed by atoms with E-state index in [2.05, 4.69) is 10.3 Å². The average Bonchev–Trinajstić information content (AvgIpc) is 2.81. The van der Waals surface area contributed by atoms with E-state index in [1.807, 2.05) is 12.2 Å². The Hall–Kier alpha value is -2.17. The van der Waals surface area contributed by atoms with Crippen molar-refractivity contribution < 1.29 is 14.7 Å². The van der Waals surface area contributed by atoms with Gasteiger partial charge in [-0.15, -0.1) is 0 Å². The van der Waals surface area contributed by atoms with Crippen molar-refractivity contribution >= 4 is 11.9 Å². The second-order valence-electron chi connectivity index (χ2n) is 4.25. The van der Waals surface area contributed by atoms with Crippen LogP contribution in [0.2, 0.25) is 0 Å². The van der Waals surface area contributed by atoms with Gasteiger partial charge in [0.1, 0.15) is 5.69 Å². The second kappa shape index (κ2) is 5.00. The minimum atomic E-state index is -1.04. The van der Waals surface area contributed by atoms with Gasteiger partial charge in [0.2, 0.25) is 0 Å². The van der Waals surface area contributed by atoms with Crippen molar-refractivity contribution in [2.24, 2.45) is 0 Å². The van der Waals surface area contributed by atoms with Crippen molar-refractivity contribution in [3.63, 3.8) is 0 Å². The van der Waals surface area contributed by atoms with Crippen LogP contribution in [0, 0.1) is 6.92 Å². The number of nitrogens with zero attached hydrogens (tertiary/aromatic N) is 1. The first-order valence-electron chi connectivity index (χ1n) is 5.74. The first-order valence-corrected chi connectivity index (χ1v) is 5.74. The maximum Gasteiger partial charge on any atom is 0.337 e. The molecule has 0 saturated heterocycles. The Morgan fingerprint density at radius 2 is 2.00 bits per heavy atom. The molecular weight excluding hydrogens is 232 g/mol. The van der Waals surface area contributed by atoms with Crippen LogP contribution < -0.4 is 5.32 Å². The largest absolute Gasteiger partial charge is 0.478 e. The quantitative estimate of drug-likeness (QED) is 0.793. The van der Waals surface area contributed by atoms with Crippen LogP contribution in [0.5, 0.6) is 0 Å². The van der Waals surface area contributed by atoms with Gasteiger partial charge in [0, 0.05) is 6.04 Å². The molecule has 0 fully saturated rings. The number of rotatable bonds is 3. The van der Waals surface area contributed by atoms with Crippen LogP contribution in [-0.2, 0) is 0 Å². The fraction of sp³-hybridized carbons (Fsp3) is 0.308. The average molecular weight is 246 g/mol. The number of carbonyl (C=O) groups is 2. The molecule has 2 N–H and O–H groups in total. The summed E-state index contributed by atoms with van der Waals surface area (Å²) in [7, 11) is 0. The molecule has 18 heavy (non-hydrogen) atoms. The Balaban J connectivity index is 2.11. The molecule has 0 unspecified atom stereocenters. The van der Waals surface area contributed by atoms with Crippen molar-refractivity contribution in [3.8, 4) is 0 Å². The number of carboxylic acids is 1. The normalized spacial score (nSPS) is 14.7. The number of carboxylic acid groups (broad SMARTS) is 1. The molecule has 94 valence electrons. The highest BCUT2D eigenvalue weighted by Gasteiger charge is 2.17. The zero-order chi connectivity index (χ0) is 13.1. The molecular formula is C13H14N2O3. The van der Waals surface area contributed by atoms with Gasteiger partial charge in [-0.2, -0.15) is 0 Å². The zero-order valence-electron chi connectivity index (χ0n) is 10.0. The molecule has 0 radical (unpaired) electrons. The number of hydrogen-bond donors (Lipinski definition) is 2. The summed E-state index contributed by atoms with van der Waals surface area (Å²) in [5, 5.41) is 11.7. The van der Waals surface area contributed by atoms with E-state index in [0.717, 1.165) is 12.8 Å². The van der Waals surface area contributed by atoms with E-state index in [9.17, 15) is 9.59 Å². The van der Waals surface area contributed by atoms with E-state index < -0.39 is 5.97 Å². The highest BCUT2D eigenvalue weighted by molar-refractivity contribution is 5.94. The first kappa shape index (κ1) is 12.3. The number of amides is 1. The van der Waals surface area contributed by atoms with Crippen LogP contribution in [0.1, 0.15) is 39.4 Å². The summed E-state index contributed by atoms with van der Waals surface area (Å²) in [5.74, 6) is -1.30. The predicted molar refractivity (Wildman–Crippen MR) is 65.6 cm³/mol. The molecule has 0 bridgehead atoms. The Bertz CT molecular complexity index is 515. The Labute approximate surface area is 105 Å². The molecule has 1 aromatic heterocycles. The highest BCUT2D eigenvalue weighted by Crippen LogP contribution is 2.11. The van der Waals surface area contributed by atoms with E-state index in [1.165, 1.54) is 12.1 Å². The molecule has 0 atom stereocenters. The summed E-state index contributed by atoms with van der Waals surface area (Å²) in [5.41, 5.74) is 0.721. The maximum absolute atomic E-state index is 11.9. The number of aromatic nitrogens is 1. The molecule has 1 aliphatic rings. The molecule has 5 heteroatoms. The molecule has 5 nitrogen and oxygen atoms in total. The Morgan fingerprint density at radius 1 is 1.33 bits per heavy atom. The molecule has 1 aromatic rings. The highest BCUT2D eigenvalue weighted by atomic mass is 16.4. The van der Waals surface area contributed by atoms with Crippen molar-refractivity contribution in [1.29, 1.82) is 0 Å².